The van der Waals surface area contributed by atoms with Crippen molar-refractivity contribution in [2.75, 3.05) is 33.7 Å². The van der Waals surface area contributed by atoms with Crippen LogP contribution in [0.3, 0.4) is 0 Å². The van der Waals surface area contributed by atoms with Gasteiger partial charge >= 0.3 is 6.03 Å². The maximum atomic E-state index is 13.0. The predicted molar refractivity (Wildman–Crippen MR) is 108 cm³/mol. The van der Waals surface area contributed by atoms with Gasteiger partial charge in [-0.2, -0.15) is 0 Å². The largest absolute Gasteiger partial charge is 0.506 e. The zero-order chi connectivity index (χ0) is 20.7. The number of fused-ring (bicyclic) bond motifs is 1. The van der Waals surface area contributed by atoms with E-state index in [1.165, 1.54) is 18.5 Å². The smallest absolute Gasteiger partial charge is 0.320 e. The van der Waals surface area contributed by atoms with Gasteiger partial charge in [-0.05, 0) is 24.1 Å². The van der Waals surface area contributed by atoms with Gasteiger partial charge in [0, 0.05) is 51.8 Å². The van der Waals surface area contributed by atoms with Crippen LogP contribution in [0.4, 0.5) is 4.79 Å². The number of hydrogen-bond donors (Lipinski definition) is 1. The molecule has 1 aromatic carbocycles. The Morgan fingerprint density at radius 1 is 1.14 bits per heavy atom. The highest BCUT2D eigenvalue weighted by Gasteiger charge is 2.50. The number of urea groups is 1. The van der Waals surface area contributed by atoms with Crippen LogP contribution in [0.15, 0.2) is 42.7 Å². The van der Waals surface area contributed by atoms with Crippen molar-refractivity contribution in [3.8, 4) is 5.75 Å². The van der Waals surface area contributed by atoms with E-state index in [2.05, 4.69) is 24.0 Å². The average molecular weight is 394 g/mol. The fourth-order valence-corrected chi connectivity index (χ4v) is 4.71. The van der Waals surface area contributed by atoms with Crippen LogP contribution in [-0.2, 0) is 0 Å². The van der Waals surface area contributed by atoms with Crippen molar-refractivity contribution in [3.63, 3.8) is 0 Å². The molecule has 0 aliphatic carbocycles. The molecule has 152 valence electrons. The third kappa shape index (κ3) is 3.41. The number of benzene rings is 1. The van der Waals surface area contributed by atoms with Crippen LogP contribution in [0.25, 0.3) is 0 Å². The van der Waals surface area contributed by atoms with Crippen LogP contribution in [0.1, 0.15) is 27.5 Å². The van der Waals surface area contributed by atoms with Gasteiger partial charge in [-0.3, -0.25) is 9.78 Å². The van der Waals surface area contributed by atoms with E-state index in [1.807, 2.05) is 21.9 Å². The normalized spacial score (nSPS) is 23.2. The number of amides is 3. The van der Waals surface area contributed by atoms with Gasteiger partial charge in [0.05, 0.1) is 17.8 Å². The van der Waals surface area contributed by atoms with Crippen molar-refractivity contribution in [1.29, 1.82) is 0 Å². The van der Waals surface area contributed by atoms with Crippen LogP contribution in [0, 0.1) is 18.8 Å². The molecule has 4 rings (SSSR count). The Hall–Kier alpha value is -3.09. The molecular weight excluding hydrogens is 368 g/mol. The van der Waals surface area contributed by atoms with E-state index < -0.39 is 0 Å². The summed E-state index contributed by atoms with van der Waals surface area (Å²) in [6.07, 6.45) is 2.80. The lowest BCUT2D eigenvalue weighted by molar-refractivity contribution is 0.0765. The fraction of sp³-hybridized carbons (Fsp3) is 0.409. The summed E-state index contributed by atoms with van der Waals surface area (Å²) in [5, 5.41) is 9.65. The van der Waals surface area contributed by atoms with Gasteiger partial charge in [0.25, 0.3) is 5.91 Å². The molecule has 2 saturated heterocycles. The van der Waals surface area contributed by atoms with Gasteiger partial charge in [0.2, 0.25) is 0 Å². The monoisotopic (exact) mass is 394 g/mol. The summed E-state index contributed by atoms with van der Waals surface area (Å²) in [7, 11) is 3.55. The van der Waals surface area contributed by atoms with Crippen LogP contribution in [0.2, 0.25) is 0 Å². The number of nitrogens with zero attached hydrogens (tertiary/aromatic N) is 4. The molecule has 29 heavy (non-hydrogen) atoms. The third-order valence-electron chi connectivity index (χ3n) is 6.06. The van der Waals surface area contributed by atoms with Crippen molar-refractivity contribution in [2.24, 2.45) is 11.8 Å². The molecule has 0 radical (unpaired) electrons. The molecule has 3 heterocycles. The zero-order valence-corrected chi connectivity index (χ0v) is 16.9. The van der Waals surface area contributed by atoms with Crippen LogP contribution in [-0.4, -0.2) is 70.5 Å². The first-order valence-electron chi connectivity index (χ1n) is 9.83. The highest BCUT2D eigenvalue weighted by Crippen LogP contribution is 2.46. The topological polar surface area (TPSA) is 77.0 Å². The van der Waals surface area contributed by atoms with E-state index in [4.69, 9.17) is 0 Å². The number of hydrogen-bond acceptors (Lipinski definition) is 4. The van der Waals surface area contributed by atoms with Crippen molar-refractivity contribution in [3.05, 3.63) is 59.4 Å². The lowest BCUT2D eigenvalue weighted by Gasteiger charge is -2.32. The second kappa shape index (κ2) is 7.39. The summed E-state index contributed by atoms with van der Waals surface area (Å²) in [6, 6.07) is 9.55. The van der Waals surface area contributed by atoms with Crippen molar-refractivity contribution in [2.45, 2.75) is 13.0 Å². The first-order valence-corrected chi connectivity index (χ1v) is 9.83. The molecule has 3 amide bonds. The van der Waals surface area contributed by atoms with E-state index in [-0.39, 0.29) is 35.6 Å². The maximum absolute atomic E-state index is 13.0. The Bertz CT molecular complexity index is 945. The second-order valence-electron chi connectivity index (χ2n) is 8.20. The number of carbonyl (C=O) groups excluding carboxylic acids is 2. The molecular formula is C22H26N4O3. The number of aromatic nitrogens is 1. The van der Waals surface area contributed by atoms with E-state index >= 15 is 0 Å². The number of aromatic hydroxyl groups is 1. The summed E-state index contributed by atoms with van der Waals surface area (Å²) >= 11 is 0. The number of rotatable bonds is 2. The Kier molecular flexibility index (Phi) is 4.90. The standard InChI is InChI=1S/C22H26N4O3/c1-14-6-4-5-7-18(14)20-19-13-25(21(28)15-8-17(27)10-23-9-15)11-16(19)12-26(20)22(29)24(2)3/h4-10,16,19-20,27H,11-13H2,1-3H3/t16-,19-,20+/m1/s1. The molecule has 2 aliphatic heterocycles. The molecule has 2 fully saturated rings. The zero-order valence-electron chi connectivity index (χ0n) is 16.9. The van der Waals surface area contributed by atoms with Crippen molar-refractivity contribution in [1.82, 2.24) is 19.7 Å². The molecule has 2 aromatic rings. The van der Waals surface area contributed by atoms with Gasteiger partial charge in [0.1, 0.15) is 5.75 Å². The number of likely N-dealkylation sites (tertiary alicyclic amines) is 2. The molecule has 0 unspecified atom stereocenters. The summed E-state index contributed by atoms with van der Waals surface area (Å²) in [6.45, 7) is 3.87. The summed E-state index contributed by atoms with van der Waals surface area (Å²) in [5.74, 6) is 0.250. The minimum absolute atomic E-state index is 0.00251. The van der Waals surface area contributed by atoms with E-state index in [9.17, 15) is 14.7 Å². The van der Waals surface area contributed by atoms with Crippen molar-refractivity contribution >= 4 is 11.9 Å². The molecule has 1 N–H and O–H groups in total. The lowest BCUT2D eigenvalue weighted by atomic mass is 9.88. The minimum atomic E-state index is -0.128. The first kappa shape index (κ1) is 19.2. The molecule has 2 aliphatic rings. The number of carbonyl (C=O) groups is 2. The average Bonchev–Trinajstić information content (AvgIpc) is 3.25. The highest BCUT2D eigenvalue weighted by molar-refractivity contribution is 5.94. The van der Waals surface area contributed by atoms with Crippen molar-refractivity contribution < 1.29 is 14.7 Å². The van der Waals surface area contributed by atoms with Gasteiger partial charge in [0.15, 0.2) is 0 Å². The highest BCUT2D eigenvalue weighted by atomic mass is 16.3. The second-order valence-corrected chi connectivity index (χ2v) is 8.20. The van der Waals surface area contributed by atoms with Gasteiger partial charge < -0.3 is 19.8 Å². The van der Waals surface area contributed by atoms with E-state index in [1.54, 1.807) is 19.0 Å². The quantitative estimate of drug-likeness (QED) is 0.849. The maximum Gasteiger partial charge on any atom is 0.320 e. The van der Waals surface area contributed by atoms with E-state index in [0.29, 0.717) is 25.2 Å². The number of aryl methyl sites for hydroxylation is 1. The molecule has 0 saturated carbocycles. The lowest BCUT2D eigenvalue weighted by Crippen LogP contribution is -2.42. The van der Waals surface area contributed by atoms with Crippen LogP contribution < -0.4 is 0 Å². The van der Waals surface area contributed by atoms with Gasteiger partial charge in [-0.15, -0.1) is 0 Å². The summed E-state index contributed by atoms with van der Waals surface area (Å²) < 4.78 is 0. The van der Waals surface area contributed by atoms with Gasteiger partial charge in [-0.1, -0.05) is 24.3 Å². The predicted octanol–water partition coefficient (Wildman–Crippen LogP) is 2.52. The number of pyridine rings is 1. The fourth-order valence-electron chi connectivity index (χ4n) is 4.71. The SMILES string of the molecule is Cc1ccccc1[C@H]1[C@@H]2CN(C(=O)c3cncc(O)c3)C[C@@H]2CN1C(=O)N(C)C. The summed E-state index contributed by atoms with van der Waals surface area (Å²) in [5.41, 5.74) is 2.68. The third-order valence-corrected chi connectivity index (χ3v) is 6.06. The Morgan fingerprint density at radius 2 is 1.90 bits per heavy atom. The molecule has 7 heteroatoms. The van der Waals surface area contributed by atoms with Gasteiger partial charge in [-0.25, -0.2) is 4.79 Å². The summed E-state index contributed by atoms with van der Waals surface area (Å²) in [4.78, 5) is 35.2. The molecule has 3 atom stereocenters. The van der Waals surface area contributed by atoms with E-state index in [0.717, 1.165) is 11.1 Å². The van der Waals surface area contributed by atoms with Crippen LogP contribution in [0.5, 0.6) is 5.75 Å². The Labute approximate surface area is 170 Å². The first-order chi connectivity index (χ1) is 13.9. The molecule has 0 bridgehead atoms. The Morgan fingerprint density at radius 3 is 2.59 bits per heavy atom. The molecule has 0 spiro atoms. The minimum Gasteiger partial charge on any atom is -0.506 e. The van der Waals surface area contributed by atoms with Crippen LogP contribution >= 0.6 is 0 Å². The molecule has 7 nitrogen and oxygen atoms in total. The molecule has 1 aromatic heterocycles. The Balaban J connectivity index is 1.63.